The summed E-state index contributed by atoms with van der Waals surface area (Å²) in [4.78, 5) is 2.37. The van der Waals surface area contributed by atoms with Gasteiger partial charge in [0.05, 0.1) is 0 Å². The van der Waals surface area contributed by atoms with Crippen molar-refractivity contribution in [2.24, 2.45) is 0 Å². The Balaban J connectivity index is 3.09. The monoisotopic (exact) mass is 129 g/mol. The van der Waals surface area contributed by atoms with E-state index in [1.54, 1.807) is 0 Å². The maximum atomic E-state index is 4.03. The first-order valence-corrected chi connectivity index (χ1v) is 3.63. The minimum Gasteiger partial charge on any atom is -0.303 e. The molecule has 2 nitrogen and oxygen atoms in total. The molecule has 0 heterocycles. The molecular formula is C7H17N2. The van der Waals surface area contributed by atoms with Crippen molar-refractivity contribution < 1.29 is 0 Å². The fraction of sp³-hybridized carbons (Fsp3) is 1.00. The third-order valence-corrected chi connectivity index (χ3v) is 1.53. The molecule has 9 heavy (non-hydrogen) atoms. The SMILES string of the molecule is CCN(CC)CC[N]C. The normalized spacial score (nSPS) is 10.7. The summed E-state index contributed by atoms with van der Waals surface area (Å²) < 4.78 is 0. The average Bonchev–Trinajstić information content (AvgIpc) is 1.91. The lowest BCUT2D eigenvalue weighted by Crippen LogP contribution is -2.28. The van der Waals surface area contributed by atoms with Gasteiger partial charge in [0.2, 0.25) is 0 Å². The van der Waals surface area contributed by atoms with E-state index in [9.17, 15) is 0 Å². The Morgan fingerprint density at radius 2 is 1.78 bits per heavy atom. The lowest BCUT2D eigenvalue weighted by Gasteiger charge is -2.16. The minimum atomic E-state index is 0.974. The molecule has 0 aromatic heterocycles. The fourth-order valence-electron chi connectivity index (χ4n) is 0.781. The van der Waals surface area contributed by atoms with E-state index in [-0.39, 0.29) is 0 Å². The predicted molar refractivity (Wildman–Crippen MR) is 40.7 cm³/mol. The Morgan fingerprint density at radius 1 is 1.22 bits per heavy atom. The molecule has 0 aromatic carbocycles. The van der Waals surface area contributed by atoms with Crippen molar-refractivity contribution in [3.8, 4) is 0 Å². The zero-order valence-electron chi connectivity index (χ0n) is 6.72. The number of likely N-dealkylation sites (N-methyl/N-ethyl adjacent to an activating group) is 2. The molecule has 0 aliphatic rings. The highest BCUT2D eigenvalue weighted by Gasteiger charge is 1.94. The largest absolute Gasteiger partial charge is 0.303 e. The van der Waals surface area contributed by atoms with Crippen LogP contribution in [0, 0.1) is 0 Å². The molecular weight excluding hydrogens is 112 g/mol. The van der Waals surface area contributed by atoms with Gasteiger partial charge in [-0.05, 0) is 13.1 Å². The van der Waals surface area contributed by atoms with Gasteiger partial charge in [0.25, 0.3) is 0 Å². The quantitative estimate of drug-likeness (QED) is 0.530. The Labute approximate surface area is 58.2 Å². The van der Waals surface area contributed by atoms with Gasteiger partial charge < -0.3 is 4.90 Å². The Kier molecular flexibility index (Phi) is 5.99. The Bertz CT molecular complexity index is 50.9. The Morgan fingerprint density at radius 3 is 2.11 bits per heavy atom. The molecule has 2 heteroatoms. The van der Waals surface area contributed by atoms with Crippen LogP contribution in [0.3, 0.4) is 0 Å². The molecule has 55 valence electrons. The second-order valence-corrected chi connectivity index (χ2v) is 2.07. The van der Waals surface area contributed by atoms with Crippen molar-refractivity contribution in [2.45, 2.75) is 13.8 Å². The smallest absolute Gasteiger partial charge is 0.0258 e. The van der Waals surface area contributed by atoms with Crippen LogP contribution in [0.4, 0.5) is 0 Å². The molecule has 0 saturated heterocycles. The van der Waals surface area contributed by atoms with Crippen molar-refractivity contribution in [3.05, 3.63) is 0 Å². The summed E-state index contributed by atoms with van der Waals surface area (Å²) in [5, 5.41) is 4.03. The van der Waals surface area contributed by atoms with Crippen molar-refractivity contribution >= 4 is 0 Å². The van der Waals surface area contributed by atoms with Gasteiger partial charge in [-0.1, -0.05) is 13.8 Å². The maximum Gasteiger partial charge on any atom is 0.0258 e. The molecule has 0 unspecified atom stereocenters. The van der Waals surface area contributed by atoms with E-state index in [4.69, 9.17) is 0 Å². The third-order valence-electron chi connectivity index (χ3n) is 1.53. The summed E-state index contributed by atoms with van der Waals surface area (Å²) in [7, 11) is 1.86. The van der Waals surface area contributed by atoms with Gasteiger partial charge >= 0.3 is 0 Å². The summed E-state index contributed by atoms with van der Waals surface area (Å²) >= 11 is 0. The van der Waals surface area contributed by atoms with Crippen LogP contribution in [-0.4, -0.2) is 38.1 Å². The van der Waals surface area contributed by atoms with Crippen LogP contribution in [0.15, 0.2) is 0 Å². The molecule has 0 N–H and O–H groups in total. The van der Waals surface area contributed by atoms with Crippen molar-refractivity contribution in [1.82, 2.24) is 10.2 Å². The molecule has 0 saturated carbocycles. The molecule has 1 radical (unpaired) electrons. The van der Waals surface area contributed by atoms with E-state index in [0.29, 0.717) is 0 Å². The lowest BCUT2D eigenvalue weighted by atomic mass is 10.5. The second kappa shape index (κ2) is 6.05. The standard InChI is InChI=1S/C7H17N2/c1-4-9(5-2)7-6-8-3/h4-7H2,1-3H3. The molecule has 0 rings (SSSR count). The highest BCUT2D eigenvalue weighted by molar-refractivity contribution is 4.51. The molecule has 0 spiro atoms. The zero-order chi connectivity index (χ0) is 7.11. The van der Waals surface area contributed by atoms with Crippen molar-refractivity contribution in [2.75, 3.05) is 33.2 Å². The van der Waals surface area contributed by atoms with Gasteiger partial charge in [-0.2, -0.15) is 0 Å². The van der Waals surface area contributed by atoms with Gasteiger partial charge in [-0.25, -0.2) is 5.32 Å². The maximum absolute atomic E-state index is 4.03. The predicted octanol–water partition coefficient (Wildman–Crippen LogP) is 0.562. The molecule has 0 aliphatic heterocycles. The lowest BCUT2D eigenvalue weighted by molar-refractivity contribution is 0.305. The van der Waals surface area contributed by atoms with E-state index in [2.05, 4.69) is 24.1 Å². The van der Waals surface area contributed by atoms with E-state index in [0.717, 1.165) is 26.2 Å². The van der Waals surface area contributed by atoms with E-state index < -0.39 is 0 Å². The first-order valence-electron chi connectivity index (χ1n) is 3.63. The number of hydrogen-bond acceptors (Lipinski definition) is 1. The second-order valence-electron chi connectivity index (χ2n) is 2.07. The van der Waals surface area contributed by atoms with Gasteiger partial charge in [0.1, 0.15) is 0 Å². The number of nitrogens with zero attached hydrogens (tertiary/aromatic N) is 2. The molecule has 0 aromatic rings. The summed E-state index contributed by atoms with van der Waals surface area (Å²) in [5.41, 5.74) is 0. The molecule has 0 bridgehead atoms. The Hall–Kier alpha value is -0.0800. The van der Waals surface area contributed by atoms with E-state index in [1.165, 1.54) is 0 Å². The van der Waals surface area contributed by atoms with E-state index in [1.807, 2.05) is 7.05 Å². The van der Waals surface area contributed by atoms with Crippen LogP contribution < -0.4 is 5.32 Å². The third kappa shape index (κ3) is 4.43. The summed E-state index contributed by atoms with van der Waals surface area (Å²) in [6, 6.07) is 0. The molecule has 0 fully saturated rings. The minimum absolute atomic E-state index is 0.974. The van der Waals surface area contributed by atoms with Crippen LogP contribution in [0.5, 0.6) is 0 Å². The number of rotatable bonds is 5. The summed E-state index contributed by atoms with van der Waals surface area (Å²) in [6.45, 7) is 8.74. The summed E-state index contributed by atoms with van der Waals surface area (Å²) in [6.07, 6.45) is 0. The van der Waals surface area contributed by atoms with Crippen LogP contribution >= 0.6 is 0 Å². The molecule has 0 amide bonds. The average molecular weight is 129 g/mol. The van der Waals surface area contributed by atoms with Crippen LogP contribution in [0.2, 0.25) is 0 Å². The first-order chi connectivity index (χ1) is 4.35. The van der Waals surface area contributed by atoms with Crippen LogP contribution in [-0.2, 0) is 0 Å². The van der Waals surface area contributed by atoms with E-state index >= 15 is 0 Å². The van der Waals surface area contributed by atoms with Gasteiger partial charge in [0, 0.05) is 20.1 Å². The zero-order valence-corrected chi connectivity index (χ0v) is 6.72. The highest BCUT2D eigenvalue weighted by Crippen LogP contribution is 1.83. The van der Waals surface area contributed by atoms with Gasteiger partial charge in [-0.3, -0.25) is 0 Å². The van der Waals surface area contributed by atoms with Crippen molar-refractivity contribution in [1.29, 1.82) is 0 Å². The first kappa shape index (κ1) is 8.92. The number of hydrogen-bond donors (Lipinski definition) is 0. The van der Waals surface area contributed by atoms with Crippen LogP contribution in [0.1, 0.15) is 13.8 Å². The molecule has 0 aliphatic carbocycles. The molecule has 0 atom stereocenters. The van der Waals surface area contributed by atoms with Crippen molar-refractivity contribution in [3.63, 3.8) is 0 Å². The van der Waals surface area contributed by atoms with Crippen LogP contribution in [0.25, 0.3) is 0 Å². The summed E-state index contributed by atoms with van der Waals surface area (Å²) in [5.74, 6) is 0. The topological polar surface area (TPSA) is 17.3 Å². The van der Waals surface area contributed by atoms with Gasteiger partial charge in [-0.15, -0.1) is 0 Å². The highest BCUT2D eigenvalue weighted by atomic mass is 15.1. The van der Waals surface area contributed by atoms with Gasteiger partial charge in [0.15, 0.2) is 0 Å². The fourth-order valence-corrected chi connectivity index (χ4v) is 0.781.